The second kappa shape index (κ2) is 6.20. The lowest BCUT2D eigenvalue weighted by molar-refractivity contribution is 0.0498. The number of fused-ring (bicyclic) bond motifs is 1. The Morgan fingerprint density at radius 3 is 2.83 bits per heavy atom. The Hall–Kier alpha value is -1.83. The second-order valence-electron chi connectivity index (χ2n) is 4.30. The monoisotopic (exact) mass is 241 g/mol. The normalized spacial score (nSPS) is 10.5. The SMILES string of the molecule is CCCCCOC(=O)c1[c]c2ccccc2cc1. The molecule has 0 bridgehead atoms. The van der Waals surface area contributed by atoms with Gasteiger partial charge >= 0.3 is 5.97 Å². The lowest BCUT2D eigenvalue weighted by Crippen LogP contribution is -2.06. The third kappa shape index (κ3) is 3.10. The number of hydrogen-bond donors (Lipinski definition) is 0. The van der Waals surface area contributed by atoms with E-state index in [0.29, 0.717) is 12.2 Å². The molecular weight excluding hydrogens is 224 g/mol. The first-order chi connectivity index (χ1) is 8.81. The van der Waals surface area contributed by atoms with E-state index in [1.807, 2.05) is 30.3 Å². The summed E-state index contributed by atoms with van der Waals surface area (Å²) >= 11 is 0. The summed E-state index contributed by atoms with van der Waals surface area (Å²) in [4.78, 5) is 11.8. The summed E-state index contributed by atoms with van der Waals surface area (Å²) in [5.41, 5.74) is 0.505. The minimum Gasteiger partial charge on any atom is -0.462 e. The van der Waals surface area contributed by atoms with Crippen LogP contribution in [-0.2, 0) is 4.74 Å². The van der Waals surface area contributed by atoms with Crippen LogP contribution in [0.15, 0.2) is 36.4 Å². The zero-order valence-electron chi connectivity index (χ0n) is 10.6. The molecule has 0 spiro atoms. The molecule has 0 aliphatic rings. The van der Waals surface area contributed by atoms with E-state index in [-0.39, 0.29) is 5.97 Å². The van der Waals surface area contributed by atoms with E-state index in [1.165, 1.54) is 0 Å². The summed E-state index contributed by atoms with van der Waals surface area (Å²) in [5, 5.41) is 2.03. The van der Waals surface area contributed by atoms with Crippen LogP contribution in [0.1, 0.15) is 36.5 Å². The highest BCUT2D eigenvalue weighted by atomic mass is 16.5. The van der Waals surface area contributed by atoms with Crippen molar-refractivity contribution >= 4 is 16.7 Å². The molecule has 0 fully saturated rings. The van der Waals surface area contributed by atoms with Gasteiger partial charge in [0.1, 0.15) is 0 Å². The van der Waals surface area contributed by atoms with Gasteiger partial charge in [0.2, 0.25) is 0 Å². The van der Waals surface area contributed by atoms with Crippen LogP contribution in [-0.4, -0.2) is 12.6 Å². The maximum Gasteiger partial charge on any atom is 0.338 e. The molecule has 0 unspecified atom stereocenters. The van der Waals surface area contributed by atoms with Crippen LogP contribution >= 0.6 is 0 Å². The molecule has 1 radical (unpaired) electrons. The molecule has 2 nitrogen and oxygen atoms in total. The van der Waals surface area contributed by atoms with E-state index in [2.05, 4.69) is 13.0 Å². The van der Waals surface area contributed by atoms with Gasteiger partial charge in [0, 0.05) is 6.07 Å². The fourth-order valence-electron chi connectivity index (χ4n) is 1.83. The fraction of sp³-hybridized carbons (Fsp3) is 0.312. The van der Waals surface area contributed by atoms with E-state index in [1.54, 1.807) is 6.07 Å². The van der Waals surface area contributed by atoms with Crippen LogP contribution in [0.25, 0.3) is 10.8 Å². The summed E-state index contributed by atoms with van der Waals surface area (Å²) in [6.45, 7) is 2.62. The van der Waals surface area contributed by atoms with E-state index in [0.717, 1.165) is 30.0 Å². The van der Waals surface area contributed by atoms with E-state index in [4.69, 9.17) is 4.74 Å². The van der Waals surface area contributed by atoms with Gasteiger partial charge in [-0.2, -0.15) is 0 Å². The summed E-state index contributed by atoms with van der Waals surface area (Å²) in [5.74, 6) is -0.281. The molecule has 0 atom stereocenters. The maximum atomic E-state index is 11.8. The molecule has 2 rings (SSSR count). The summed E-state index contributed by atoms with van der Waals surface area (Å²) < 4.78 is 5.21. The third-order valence-electron chi connectivity index (χ3n) is 2.86. The third-order valence-corrected chi connectivity index (χ3v) is 2.86. The van der Waals surface area contributed by atoms with Gasteiger partial charge in [-0.25, -0.2) is 4.79 Å². The zero-order valence-corrected chi connectivity index (χ0v) is 10.6. The largest absolute Gasteiger partial charge is 0.462 e. The molecule has 0 aliphatic heterocycles. The Morgan fingerprint density at radius 2 is 2.00 bits per heavy atom. The number of carbonyl (C=O) groups is 1. The predicted molar refractivity (Wildman–Crippen MR) is 72.6 cm³/mol. The molecule has 93 valence electrons. The molecule has 0 amide bonds. The van der Waals surface area contributed by atoms with Crippen molar-refractivity contribution in [3.63, 3.8) is 0 Å². The van der Waals surface area contributed by atoms with Crippen molar-refractivity contribution in [2.24, 2.45) is 0 Å². The number of rotatable bonds is 5. The highest BCUT2D eigenvalue weighted by Crippen LogP contribution is 2.15. The van der Waals surface area contributed by atoms with Gasteiger partial charge in [-0.1, -0.05) is 50.1 Å². The van der Waals surface area contributed by atoms with Gasteiger partial charge in [-0.3, -0.25) is 0 Å². The quantitative estimate of drug-likeness (QED) is 0.584. The second-order valence-corrected chi connectivity index (χ2v) is 4.30. The number of unbranched alkanes of at least 4 members (excludes halogenated alkanes) is 2. The van der Waals surface area contributed by atoms with Gasteiger partial charge in [0.15, 0.2) is 0 Å². The minimum absolute atomic E-state index is 0.281. The summed E-state index contributed by atoms with van der Waals surface area (Å²) in [6.07, 6.45) is 3.14. The average Bonchev–Trinajstić information content (AvgIpc) is 2.43. The van der Waals surface area contributed by atoms with E-state index >= 15 is 0 Å². The first-order valence-corrected chi connectivity index (χ1v) is 6.39. The molecule has 18 heavy (non-hydrogen) atoms. The van der Waals surface area contributed by atoms with Crippen molar-refractivity contribution in [2.45, 2.75) is 26.2 Å². The van der Waals surface area contributed by atoms with Crippen molar-refractivity contribution in [1.82, 2.24) is 0 Å². The molecule has 2 aromatic rings. The zero-order chi connectivity index (χ0) is 12.8. The molecule has 2 heteroatoms. The molecule has 0 saturated carbocycles. The van der Waals surface area contributed by atoms with Crippen LogP contribution < -0.4 is 0 Å². The van der Waals surface area contributed by atoms with Crippen molar-refractivity contribution in [1.29, 1.82) is 0 Å². The van der Waals surface area contributed by atoms with Crippen molar-refractivity contribution in [3.05, 3.63) is 48.0 Å². The smallest absolute Gasteiger partial charge is 0.338 e. The van der Waals surface area contributed by atoms with Crippen LogP contribution in [0.2, 0.25) is 0 Å². The first-order valence-electron chi connectivity index (χ1n) is 6.39. The average molecular weight is 241 g/mol. The van der Waals surface area contributed by atoms with Crippen LogP contribution in [0.3, 0.4) is 0 Å². The van der Waals surface area contributed by atoms with Crippen LogP contribution in [0.4, 0.5) is 0 Å². The van der Waals surface area contributed by atoms with Crippen LogP contribution in [0.5, 0.6) is 0 Å². The molecule has 0 heterocycles. The highest BCUT2D eigenvalue weighted by Gasteiger charge is 2.07. The van der Waals surface area contributed by atoms with E-state index in [9.17, 15) is 4.79 Å². The molecular formula is C16H17O2. The highest BCUT2D eigenvalue weighted by molar-refractivity contribution is 5.94. The Labute approximate surface area is 108 Å². The number of carbonyl (C=O) groups excluding carboxylic acids is 1. The van der Waals surface area contributed by atoms with Crippen molar-refractivity contribution < 1.29 is 9.53 Å². The Bertz CT molecular complexity index is 531. The number of ether oxygens (including phenoxy) is 1. The number of esters is 1. The molecule has 0 aliphatic carbocycles. The molecule has 0 saturated heterocycles. The van der Waals surface area contributed by atoms with Crippen LogP contribution in [0, 0.1) is 6.07 Å². The molecule has 0 N–H and O–H groups in total. The minimum atomic E-state index is -0.281. The molecule has 0 aromatic heterocycles. The Kier molecular flexibility index (Phi) is 4.35. The Morgan fingerprint density at radius 1 is 1.17 bits per heavy atom. The first kappa shape index (κ1) is 12.6. The van der Waals surface area contributed by atoms with Crippen molar-refractivity contribution in [2.75, 3.05) is 6.61 Å². The number of hydrogen-bond acceptors (Lipinski definition) is 2. The standard InChI is InChI=1S/C16H17O2/c1-2-3-6-11-18-16(17)15-10-9-13-7-4-5-8-14(13)12-15/h4-5,7-10H,2-3,6,11H2,1H3. The summed E-state index contributed by atoms with van der Waals surface area (Å²) in [6, 6.07) is 14.6. The lowest BCUT2D eigenvalue weighted by atomic mass is 10.1. The summed E-state index contributed by atoms with van der Waals surface area (Å²) in [7, 11) is 0. The molecule has 2 aromatic carbocycles. The predicted octanol–water partition coefficient (Wildman–Crippen LogP) is 3.99. The van der Waals surface area contributed by atoms with Gasteiger partial charge in [-0.15, -0.1) is 0 Å². The number of benzene rings is 2. The lowest BCUT2D eigenvalue weighted by Gasteiger charge is -2.05. The maximum absolute atomic E-state index is 11.8. The fourth-order valence-corrected chi connectivity index (χ4v) is 1.83. The van der Waals surface area contributed by atoms with Crippen molar-refractivity contribution in [3.8, 4) is 0 Å². The van der Waals surface area contributed by atoms with E-state index < -0.39 is 0 Å². The Balaban J connectivity index is 2.04. The van der Waals surface area contributed by atoms with Gasteiger partial charge in [-0.05, 0) is 23.3 Å². The van der Waals surface area contributed by atoms with Gasteiger partial charge in [0.05, 0.1) is 12.2 Å². The van der Waals surface area contributed by atoms with Gasteiger partial charge in [0.25, 0.3) is 0 Å². The van der Waals surface area contributed by atoms with Gasteiger partial charge < -0.3 is 4.74 Å². The topological polar surface area (TPSA) is 26.3 Å².